The average molecular weight is 428 g/mol. The Morgan fingerprint density at radius 2 is 1.74 bits per heavy atom. The number of amides is 2. The number of nitrogens with zero attached hydrogens (tertiary/aromatic N) is 2. The highest BCUT2D eigenvalue weighted by Gasteiger charge is 2.28. The average Bonchev–Trinajstić information content (AvgIpc) is 3.27. The quantitative estimate of drug-likeness (QED) is 0.551. The molecule has 1 aromatic carbocycles. The SMILES string of the molecule is CCC(CC)C(=O)N(Cc1cc(NC(=O)c2ccco2)ccc1N(C)C)[C@H](C)C(C)C. The number of carbonyl (C=O) groups is 2. The first-order valence-corrected chi connectivity index (χ1v) is 11.1. The summed E-state index contributed by atoms with van der Waals surface area (Å²) in [7, 11) is 3.97. The second-order valence-electron chi connectivity index (χ2n) is 8.63. The van der Waals surface area contributed by atoms with Gasteiger partial charge in [0, 0.05) is 44.0 Å². The van der Waals surface area contributed by atoms with E-state index >= 15 is 0 Å². The van der Waals surface area contributed by atoms with Crippen molar-refractivity contribution in [2.45, 2.75) is 60.0 Å². The number of anilines is 2. The van der Waals surface area contributed by atoms with Crippen LogP contribution < -0.4 is 10.2 Å². The topological polar surface area (TPSA) is 65.8 Å². The second-order valence-corrected chi connectivity index (χ2v) is 8.63. The molecule has 6 heteroatoms. The van der Waals surface area contributed by atoms with E-state index in [4.69, 9.17) is 4.42 Å². The first-order chi connectivity index (χ1) is 14.7. The Morgan fingerprint density at radius 1 is 1.06 bits per heavy atom. The molecule has 0 saturated carbocycles. The van der Waals surface area contributed by atoms with Gasteiger partial charge in [-0.15, -0.1) is 0 Å². The zero-order chi connectivity index (χ0) is 23.1. The Hall–Kier alpha value is -2.76. The minimum atomic E-state index is -0.297. The van der Waals surface area contributed by atoms with Gasteiger partial charge in [0.1, 0.15) is 0 Å². The normalized spacial score (nSPS) is 12.2. The maximum absolute atomic E-state index is 13.4. The molecule has 0 radical (unpaired) electrons. The second kappa shape index (κ2) is 11.0. The third kappa shape index (κ3) is 6.12. The Kier molecular flexibility index (Phi) is 8.72. The van der Waals surface area contributed by atoms with Crippen LogP contribution in [0, 0.1) is 11.8 Å². The van der Waals surface area contributed by atoms with Crippen LogP contribution in [0.25, 0.3) is 0 Å². The molecule has 31 heavy (non-hydrogen) atoms. The summed E-state index contributed by atoms with van der Waals surface area (Å²) in [4.78, 5) is 29.8. The summed E-state index contributed by atoms with van der Waals surface area (Å²) in [5.74, 6) is 0.515. The predicted molar refractivity (Wildman–Crippen MR) is 126 cm³/mol. The van der Waals surface area contributed by atoms with E-state index in [1.165, 1.54) is 6.26 Å². The smallest absolute Gasteiger partial charge is 0.291 e. The van der Waals surface area contributed by atoms with Crippen LogP contribution in [0.4, 0.5) is 11.4 Å². The number of carbonyl (C=O) groups excluding carboxylic acids is 2. The van der Waals surface area contributed by atoms with Crippen LogP contribution in [0.3, 0.4) is 0 Å². The minimum Gasteiger partial charge on any atom is -0.459 e. The molecule has 1 heterocycles. The van der Waals surface area contributed by atoms with Crippen molar-refractivity contribution in [2.75, 3.05) is 24.3 Å². The Morgan fingerprint density at radius 3 is 2.26 bits per heavy atom. The predicted octanol–water partition coefficient (Wildman–Crippen LogP) is 5.41. The van der Waals surface area contributed by atoms with E-state index in [-0.39, 0.29) is 29.5 Å². The third-order valence-corrected chi connectivity index (χ3v) is 5.98. The first-order valence-electron chi connectivity index (χ1n) is 11.1. The van der Waals surface area contributed by atoms with E-state index in [9.17, 15) is 9.59 Å². The lowest BCUT2D eigenvalue weighted by Gasteiger charge is -2.35. The van der Waals surface area contributed by atoms with Crippen LogP contribution in [0.2, 0.25) is 0 Å². The van der Waals surface area contributed by atoms with E-state index in [2.05, 4.69) is 39.9 Å². The summed E-state index contributed by atoms with van der Waals surface area (Å²) in [6, 6.07) is 9.22. The van der Waals surface area contributed by atoms with Crippen molar-refractivity contribution in [3.8, 4) is 0 Å². The van der Waals surface area contributed by atoms with E-state index in [0.717, 1.165) is 24.1 Å². The molecule has 0 aliphatic carbocycles. The molecule has 6 nitrogen and oxygen atoms in total. The van der Waals surface area contributed by atoms with Gasteiger partial charge in [0.05, 0.1) is 6.26 Å². The molecule has 1 N–H and O–H groups in total. The summed E-state index contributed by atoms with van der Waals surface area (Å²) in [6.07, 6.45) is 3.14. The molecular formula is C25H37N3O3. The lowest BCUT2D eigenvalue weighted by Crippen LogP contribution is -2.44. The Balaban J connectivity index is 2.39. The fourth-order valence-electron chi connectivity index (χ4n) is 3.67. The van der Waals surface area contributed by atoms with Crippen LogP contribution in [-0.2, 0) is 11.3 Å². The molecule has 170 valence electrons. The molecule has 1 aromatic heterocycles. The van der Waals surface area contributed by atoms with Crippen LogP contribution in [-0.4, -0.2) is 36.9 Å². The van der Waals surface area contributed by atoms with Crippen molar-refractivity contribution in [3.63, 3.8) is 0 Å². The van der Waals surface area contributed by atoms with Crippen molar-refractivity contribution in [1.82, 2.24) is 4.90 Å². The van der Waals surface area contributed by atoms with E-state index in [1.54, 1.807) is 12.1 Å². The molecule has 1 atom stereocenters. The van der Waals surface area contributed by atoms with Crippen LogP contribution in [0.1, 0.15) is 63.6 Å². The van der Waals surface area contributed by atoms with Crippen molar-refractivity contribution >= 4 is 23.2 Å². The fraction of sp³-hybridized carbons (Fsp3) is 0.520. The zero-order valence-electron chi connectivity index (χ0n) is 19.9. The zero-order valence-corrected chi connectivity index (χ0v) is 19.9. The molecule has 0 bridgehead atoms. The molecule has 2 aromatic rings. The van der Waals surface area contributed by atoms with Gasteiger partial charge in [0.25, 0.3) is 5.91 Å². The van der Waals surface area contributed by atoms with E-state index in [1.807, 2.05) is 42.1 Å². The van der Waals surface area contributed by atoms with Crippen LogP contribution in [0.15, 0.2) is 41.0 Å². The van der Waals surface area contributed by atoms with Crippen molar-refractivity contribution in [3.05, 3.63) is 47.9 Å². The monoisotopic (exact) mass is 427 g/mol. The highest BCUT2D eigenvalue weighted by atomic mass is 16.3. The molecule has 2 amide bonds. The van der Waals surface area contributed by atoms with Gasteiger partial charge in [0.2, 0.25) is 5.91 Å². The fourth-order valence-corrected chi connectivity index (χ4v) is 3.67. The highest BCUT2D eigenvalue weighted by molar-refractivity contribution is 6.02. The standard InChI is InChI=1S/C25H37N3O3/c1-8-19(9-2)25(30)28(18(5)17(3)4)16-20-15-21(12-13-22(20)27(6)7)26-24(29)23-11-10-14-31-23/h10-15,17-19H,8-9,16H2,1-7H3,(H,26,29)/t18-/m1/s1. The lowest BCUT2D eigenvalue weighted by molar-refractivity contribution is -0.139. The molecule has 0 aliphatic heterocycles. The van der Waals surface area contributed by atoms with Crippen molar-refractivity contribution < 1.29 is 14.0 Å². The molecule has 0 fully saturated rings. The molecule has 0 spiro atoms. The summed E-state index contributed by atoms with van der Waals surface area (Å²) in [5, 5.41) is 2.90. The molecule has 2 rings (SSSR count). The highest BCUT2D eigenvalue weighted by Crippen LogP contribution is 2.28. The maximum atomic E-state index is 13.4. The largest absolute Gasteiger partial charge is 0.459 e. The molecule has 0 unspecified atom stereocenters. The third-order valence-electron chi connectivity index (χ3n) is 5.98. The first kappa shape index (κ1) is 24.5. The number of benzene rings is 1. The van der Waals surface area contributed by atoms with Gasteiger partial charge in [-0.3, -0.25) is 9.59 Å². The van der Waals surface area contributed by atoms with Crippen LogP contribution in [0.5, 0.6) is 0 Å². The van der Waals surface area contributed by atoms with Crippen molar-refractivity contribution in [2.24, 2.45) is 11.8 Å². The molecular weight excluding hydrogens is 390 g/mol. The van der Waals surface area contributed by atoms with Gasteiger partial charge in [-0.25, -0.2) is 0 Å². The summed E-state index contributed by atoms with van der Waals surface area (Å²) in [6.45, 7) is 11.0. The van der Waals surface area contributed by atoms with Gasteiger partial charge in [-0.2, -0.15) is 0 Å². The van der Waals surface area contributed by atoms with Crippen LogP contribution >= 0.6 is 0 Å². The molecule has 0 aliphatic rings. The van der Waals surface area contributed by atoms with Gasteiger partial charge in [-0.1, -0.05) is 27.7 Å². The Bertz CT molecular complexity index is 855. The summed E-state index contributed by atoms with van der Waals surface area (Å²) < 4.78 is 5.19. The van der Waals surface area contributed by atoms with Gasteiger partial charge < -0.3 is 19.5 Å². The number of hydrogen-bond acceptors (Lipinski definition) is 4. The van der Waals surface area contributed by atoms with Gasteiger partial charge in [-0.05, 0) is 61.6 Å². The lowest BCUT2D eigenvalue weighted by atomic mass is 9.97. The van der Waals surface area contributed by atoms with Gasteiger partial charge >= 0.3 is 0 Å². The van der Waals surface area contributed by atoms with E-state index < -0.39 is 0 Å². The number of hydrogen-bond donors (Lipinski definition) is 1. The Labute approximate surface area is 186 Å². The van der Waals surface area contributed by atoms with E-state index in [0.29, 0.717) is 18.2 Å². The summed E-state index contributed by atoms with van der Waals surface area (Å²) >= 11 is 0. The van der Waals surface area contributed by atoms with Gasteiger partial charge in [0.15, 0.2) is 5.76 Å². The summed E-state index contributed by atoms with van der Waals surface area (Å²) in [5.41, 5.74) is 2.69. The molecule has 0 saturated heterocycles. The maximum Gasteiger partial charge on any atom is 0.291 e. The minimum absolute atomic E-state index is 0.0193. The number of furan rings is 1. The number of rotatable bonds is 10. The van der Waals surface area contributed by atoms with Crippen molar-refractivity contribution in [1.29, 1.82) is 0 Å². The number of nitrogens with one attached hydrogen (secondary N) is 1.